The standard InChI is InChI=1S/C19H23F6N3O2/c1-3-27(4-2)16(29)12-26-5-7-28(8-6-26)17(30)13-9-14(18(20,21)22)11-15(10-13)19(23,24)25/h9-11H,3-8,12H2,1-2H3. The summed E-state index contributed by atoms with van der Waals surface area (Å²) in [5.41, 5.74) is -3.71. The van der Waals surface area contributed by atoms with Gasteiger partial charge in [0, 0.05) is 44.8 Å². The van der Waals surface area contributed by atoms with Crippen LogP contribution in [-0.2, 0) is 17.1 Å². The average Bonchev–Trinajstić information content (AvgIpc) is 2.67. The molecule has 1 saturated heterocycles. The van der Waals surface area contributed by atoms with Crippen LogP contribution in [0.3, 0.4) is 0 Å². The highest BCUT2D eigenvalue weighted by atomic mass is 19.4. The summed E-state index contributed by atoms with van der Waals surface area (Å²) in [6.45, 7) is 5.75. The van der Waals surface area contributed by atoms with Crippen molar-refractivity contribution in [1.29, 1.82) is 0 Å². The van der Waals surface area contributed by atoms with Gasteiger partial charge in [0.05, 0.1) is 17.7 Å². The Kier molecular flexibility index (Phi) is 7.38. The predicted octanol–water partition coefficient (Wildman–Crippen LogP) is 3.35. The summed E-state index contributed by atoms with van der Waals surface area (Å²) < 4.78 is 78.0. The normalized spacial score (nSPS) is 15.9. The first-order valence-corrected chi connectivity index (χ1v) is 9.45. The number of hydrogen-bond acceptors (Lipinski definition) is 3. The lowest BCUT2D eigenvalue weighted by Crippen LogP contribution is -2.51. The van der Waals surface area contributed by atoms with Crippen LogP contribution in [0.1, 0.15) is 35.3 Å². The number of alkyl halides is 6. The van der Waals surface area contributed by atoms with Gasteiger partial charge < -0.3 is 9.80 Å². The fourth-order valence-electron chi connectivity index (χ4n) is 3.24. The third-order valence-corrected chi connectivity index (χ3v) is 4.97. The molecule has 0 N–H and O–H groups in total. The van der Waals surface area contributed by atoms with E-state index < -0.39 is 35.0 Å². The minimum atomic E-state index is -5.01. The molecule has 0 spiro atoms. The molecule has 1 aromatic rings. The lowest BCUT2D eigenvalue weighted by atomic mass is 10.0. The van der Waals surface area contributed by atoms with Crippen molar-refractivity contribution >= 4 is 11.8 Å². The number of amides is 2. The lowest BCUT2D eigenvalue weighted by molar-refractivity contribution is -0.143. The molecule has 0 saturated carbocycles. The van der Waals surface area contributed by atoms with Crippen LogP contribution in [0.2, 0.25) is 0 Å². The highest BCUT2D eigenvalue weighted by Gasteiger charge is 2.38. The van der Waals surface area contributed by atoms with E-state index in [1.807, 2.05) is 13.8 Å². The maximum absolute atomic E-state index is 13.0. The number of carbonyl (C=O) groups is 2. The molecule has 2 rings (SSSR count). The van der Waals surface area contributed by atoms with E-state index in [4.69, 9.17) is 0 Å². The lowest BCUT2D eigenvalue weighted by Gasteiger charge is -2.35. The second-order valence-electron chi connectivity index (χ2n) is 6.93. The molecule has 2 amide bonds. The van der Waals surface area contributed by atoms with E-state index in [1.54, 1.807) is 9.80 Å². The Hall–Kier alpha value is -2.30. The van der Waals surface area contributed by atoms with Crippen molar-refractivity contribution in [3.8, 4) is 0 Å². The Labute approximate surface area is 170 Å². The molecule has 1 aliphatic heterocycles. The molecule has 1 aromatic carbocycles. The van der Waals surface area contributed by atoms with Crippen molar-refractivity contribution in [3.05, 3.63) is 34.9 Å². The highest BCUT2D eigenvalue weighted by Crippen LogP contribution is 2.36. The van der Waals surface area contributed by atoms with Crippen molar-refractivity contribution in [2.45, 2.75) is 26.2 Å². The summed E-state index contributed by atoms with van der Waals surface area (Å²) >= 11 is 0. The van der Waals surface area contributed by atoms with Crippen molar-refractivity contribution in [2.75, 3.05) is 45.8 Å². The average molecular weight is 439 g/mol. The van der Waals surface area contributed by atoms with Gasteiger partial charge >= 0.3 is 12.4 Å². The van der Waals surface area contributed by atoms with E-state index in [-0.39, 0.29) is 31.6 Å². The molecule has 0 unspecified atom stereocenters. The molecule has 11 heteroatoms. The molecule has 0 bridgehead atoms. The number of halogens is 6. The van der Waals surface area contributed by atoms with Crippen LogP contribution < -0.4 is 0 Å². The Morgan fingerprint density at radius 3 is 1.73 bits per heavy atom. The van der Waals surface area contributed by atoms with Crippen LogP contribution in [-0.4, -0.2) is 72.3 Å². The number of piperazine rings is 1. The monoisotopic (exact) mass is 439 g/mol. The van der Waals surface area contributed by atoms with Gasteiger partial charge in [0.1, 0.15) is 0 Å². The first kappa shape index (κ1) is 24.0. The molecule has 0 aliphatic carbocycles. The van der Waals surface area contributed by atoms with Gasteiger partial charge in [0.2, 0.25) is 5.91 Å². The van der Waals surface area contributed by atoms with Crippen molar-refractivity contribution in [1.82, 2.24) is 14.7 Å². The summed E-state index contributed by atoms with van der Waals surface area (Å²) in [5.74, 6) is -0.978. The second-order valence-corrected chi connectivity index (χ2v) is 6.93. The van der Waals surface area contributed by atoms with Gasteiger partial charge in [-0.3, -0.25) is 14.5 Å². The molecule has 168 valence electrons. The maximum atomic E-state index is 13.0. The molecular weight excluding hydrogens is 416 g/mol. The Morgan fingerprint density at radius 2 is 1.33 bits per heavy atom. The van der Waals surface area contributed by atoms with Gasteiger partial charge in [0.25, 0.3) is 5.91 Å². The van der Waals surface area contributed by atoms with Crippen LogP contribution in [0.5, 0.6) is 0 Å². The summed E-state index contributed by atoms with van der Waals surface area (Å²) in [4.78, 5) is 29.4. The predicted molar refractivity (Wildman–Crippen MR) is 96.7 cm³/mol. The molecule has 1 heterocycles. The van der Waals surface area contributed by atoms with Crippen LogP contribution in [0.4, 0.5) is 26.3 Å². The maximum Gasteiger partial charge on any atom is 0.416 e. The third kappa shape index (κ3) is 5.87. The van der Waals surface area contributed by atoms with Crippen LogP contribution in [0.15, 0.2) is 18.2 Å². The number of benzene rings is 1. The van der Waals surface area contributed by atoms with Crippen molar-refractivity contribution in [3.63, 3.8) is 0 Å². The summed E-state index contributed by atoms with van der Waals surface area (Å²) in [7, 11) is 0. The molecule has 0 aromatic heterocycles. The first-order valence-electron chi connectivity index (χ1n) is 9.45. The zero-order valence-electron chi connectivity index (χ0n) is 16.6. The van der Waals surface area contributed by atoms with E-state index in [0.717, 1.165) is 0 Å². The van der Waals surface area contributed by atoms with Gasteiger partial charge in [-0.2, -0.15) is 26.3 Å². The van der Waals surface area contributed by atoms with Crippen molar-refractivity contribution < 1.29 is 35.9 Å². The van der Waals surface area contributed by atoms with Crippen molar-refractivity contribution in [2.24, 2.45) is 0 Å². The molecule has 0 atom stereocenters. The number of rotatable bonds is 5. The smallest absolute Gasteiger partial charge is 0.342 e. The van der Waals surface area contributed by atoms with Gasteiger partial charge in [-0.25, -0.2) is 0 Å². The summed E-state index contributed by atoms with van der Waals surface area (Å²) in [5, 5.41) is 0. The second kappa shape index (κ2) is 9.23. The van der Waals surface area contributed by atoms with E-state index in [1.165, 1.54) is 4.90 Å². The largest absolute Gasteiger partial charge is 0.416 e. The first-order chi connectivity index (χ1) is 13.9. The number of nitrogens with zero attached hydrogens (tertiary/aromatic N) is 3. The quantitative estimate of drug-likeness (QED) is 0.661. The van der Waals surface area contributed by atoms with E-state index in [2.05, 4.69) is 0 Å². The SMILES string of the molecule is CCN(CC)C(=O)CN1CCN(C(=O)c2cc(C(F)(F)F)cc(C(F)(F)F)c2)CC1. The minimum Gasteiger partial charge on any atom is -0.342 e. The number of likely N-dealkylation sites (N-methyl/N-ethyl adjacent to an activating group) is 1. The minimum absolute atomic E-state index is 0.00641. The Bertz CT molecular complexity index is 734. The fourth-order valence-corrected chi connectivity index (χ4v) is 3.24. The van der Waals surface area contributed by atoms with E-state index in [0.29, 0.717) is 38.3 Å². The van der Waals surface area contributed by atoms with Gasteiger partial charge in [0.15, 0.2) is 0 Å². The van der Waals surface area contributed by atoms with E-state index in [9.17, 15) is 35.9 Å². The zero-order valence-corrected chi connectivity index (χ0v) is 16.6. The molecule has 1 fully saturated rings. The van der Waals surface area contributed by atoms with Gasteiger partial charge in [-0.1, -0.05) is 0 Å². The van der Waals surface area contributed by atoms with Crippen LogP contribution in [0.25, 0.3) is 0 Å². The molecule has 5 nitrogen and oxygen atoms in total. The summed E-state index contributed by atoms with van der Waals surface area (Å²) in [6, 6.07) is 0.870. The molecule has 1 aliphatic rings. The molecular formula is C19H23F6N3O2. The third-order valence-electron chi connectivity index (χ3n) is 4.97. The summed E-state index contributed by atoms with van der Waals surface area (Å²) in [6.07, 6.45) is -10.0. The van der Waals surface area contributed by atoms with E-state index >= 15 is 0 Å². The zero-order chi connectivity index (χ0) is 22.7. The van der Waals surface area contributed by atoms with Gasteiger partial charge in [-0.05, 0) is 32.0 Å². The van der Waals surface area contributed by atoms with Gasteiger partial charge in [-0.15, -0.1) is 0 Å². The number of carbonyl (C=O) groups excluding carboxylic acids is 2. The fraction of sp³-hybridized carbons (Fsp3) is 0.579. The Morgan fingerprint density at radius 1 is 0.867 bits per heavy atom. The van der Waals surface area contributed by atoms with Crippen LogP contribution >= 0.6 is 0 Å². The molecule has 30 heavy (non-hydrogen) atoms. The molecule has 0 radical (unpaired) electrons. The number of hydrogen-bond donors (Lipinski definition) is 0. The highest BCUT2D eigenvalue weighted by molar-refractivity contribution is 5.94. The van der Waals surface area contributed by atoms with Crippen LogP contribution in [0, 0.1) is 0 Å². The Balaban J connectivity index is 2.12. The topological polar surface area (TPSA) is 43.9 Å².